The molecule has 0 radical (unpaired) electrons. The predicted molar refractivity (Wildman–Crippen MR) is 129 cm³/mol. The van der Waals surface area contributed by atoms with Gasteiger partial charge in [0.15, 0.2) is 5.11 Å². The van der Waals surface area contributed by atoms with Crippen molar-refractivity contribution < 1.29 is 9.90 Å². The zero-order valence-corrected chi connectivity index (χ0v) is 19.6. The number of para-hydroxylation sites is 1. The van der Waals surface area contributed by atoms with Crippen LogP contribution >= 0.6 is 12.2 Å². The normalized spacial score (nSPS) is 18.3. The number of aromatic nitrogens is 2. The van der Waals surface area contributed by atoms with Gasteiger partial charge in [0.1, 0.15) is 0 Å². The SMILES string of the molecule is Cc1cc([C@H]2[C@@H](c3ccccn3)NC(=S)N2CC(C)C)c(C)n1-c1ccccc1C(=O)O. The molecular weight excluding hydrogens is 420 g/mol. The lowest BCUT2D eigenvalue weighted by Crippen LogP contribution is -2.33. The van der Waals surface area contributed by atoms with Gasteiger partial charge in [0.05, 0.1) is 29.0 Å². The summed E-state index contributed by atoms with van der Waals surface area (Å²) in [5.74, 6) is -0.512. The first-order chi connectivity index (χ1) is 15.3. The van der Waals surface area contributed by atoms with Crippen LogP contribution in [0.5, 0.6) is 0 Å². The molecule has 0 unspecified atom stereocenters. The molecule has 0 amide bonds. The highest BCUT2D eigenvalue weighted by Gasteiger charge is 2.41. The van der Waals surface area contributed by atoms with Crippen molar-refractivity contribution in [2.75, 3.05) is 6.54 Å². The van der Waals surface area contributed by atoms with Crippen molar-refractivity contribution in [1.82, 2.24) is 19.8 Å². The second kappa shape index (κ2) is 8.74. The molecule has 0 spiro atoms. The highest BCUT2D eigenvalue weighted by atomic mass is 32.1. The average Bonchev–Trinajstić information content (AvgIpc) is 3.23. The zero-order valence-electron chi connectivity index (χ0n) is 18.7. The molecule has 1 aliphatic heterocycles. The number of carboxylic acids is 1. The lowest BCUT2D eigenvalue weighted by Gasteiger charge is -2.29. The molecule has 3 heterocycles. The summed E-state index contributed by atoms with van der Waals surface area (Å²) in [6.07, 6.45) is 1.80. The van der Waals surface area contributed by atoms with E-state index in [1.54, 1.807) is 18.3 Å². The maximum absolute atomic E-state index is 11.9. The minimum absolute atomic E-state index is 0.0447. The van der Waals surface area contributed by atoms with Crippen LogP contribution in [-0.2, 0) is 0 Å². The Morgan fingerprint density at radius 2 is 1.91 bits per heavy atom. The fourth-order valence-corrected chi connectivity index (χ4v) is 4.96. The van der Waals surface area contributed by atoms with Crippen molar-refractivity contribution in [3.05, 3.63) is 82.9 Å². The summed E-state index contributed by atoms with van der Waals surface area (Å²) in [4.78, 5) is 18.7. The molecule has 166 valence electrons. The summed E-state index contributed by atoms with van der Waals surface area (Å²) >= 11 is 5.75. The molecule has 6 nitrogen and oxygen atoms in total. The smallest absolute Gasteiger partial charge is 0.337 e. The maximum atomic E-state index is 11.9. The number of pyridine rings is 1. The van der Waals surface area contributed by atoms with Crippen LogP contribution in [0.25, 0.3) is 5.69 Å². The first kappa shape index (κ1) is 22.0. The zero-order chi connectivity index (χ0) is 23.0. The van der Waals surface area contributed by atoms with Crippen molar-refractivity contribution in [3.8, 4) is 5.69 Å². The van der Waals surface area contributed by atoms with Crippen molar-refractivity contribution in [2.24, 2.45) is 5.92 Å². The third-order valence-corrected chi connectivity index (χ3v) is 6.28. The third kappa shape index (κ3) is 3.88. The molecule has 32 heavy (non-hydrogen) atoms. The monoisotopic (exact) mass is 448 g/mol. The van der Waals surface area contributed by atoms with E-state index in [1.807, 2.05) is 48.7 Å². The standard InChI is InChI=1S/C25H28N4O2S/c1-15(2)14-28-23(22(27-25(28)32)20-10-7-8-12-26-20)19-13-16(3)29(17(19)4)21-11-6-5-9-18(21)24(30)31/h5-13,15,22-23H,14H2,1-4H3,(H,27,32)(H,30,31)/t22-,23+/m1/s1. The van der Waals surface area contributed by atoms with E-state index in [4.69, 9.17) is 12.2 Å². The first-order valence-electron chi connectivity index (χ1n) is 10.8. The van der Waals surface area contributed by atoms with Crippen LogP contribution in [-0.4, -0.2) is 37.2 Å². The number of hydrogen-bond donors (Lipinski definition) is 2. The van der Waals surface area contributed by atoms with E-state index in [1.165, 1.54) is 0 Å². The molecule has 0 aliphatic carbocycles. The number of aryl methyl sites for hydroxylation is 1. The molecule has 1 aromatic carbocycles. The van der Waals surface area contributed by atoms with Gasteiger partial charge < -0.3 is 19.9 Å². The third-order valence-electron chi connectivity index (χ3n) is 5.92. The fourth-order valence-electron chi connectivity index (χ4n) is 4.64. The van der Waals surface area contributed by atoms with E-state index >= 15 is 0 Å². The van der Waals surface area contributed by atoms with E-state index in [0.717, 1.165) is 34.3 Å². The number of aromatic carboxylic acids is 1. The number of thiocarbonyl (C=S) groups is 1. The van der Waals surface area contributed by atoms with Gasteiger partial charge in [0, 0.05) is 24.1 Å². The minimum Gasteiger partial charge on any atom is -0.478 e. The Hall–Kier alpha value is -3.19. The Bertz CT molecular complexity index is 1160. The van der Waals surface area contributed by atoms with Crippen LogP contribution in [0.15, 0.2) is 54.7 Å². The van der Waals surface area contributed by atoms with Gasteiger partial charge >= 0.3 is 5.97 Å². The molecule has 4 rings (SSSR count). The summed E-state index contributed by atoms with van der Waals surface area (Å²) in [5, 5.41) is 13.9. The van der Waals surface area contributed by atoms with Gasteiger partial charge in [-0.2, -0.15) is 0 Å². The Labute approximate surface area is 193 Å². The highest BCUT2D eigenvalue weighted by Crippen LogP contribution is 2.41. The molecule has 1 aliphatic rings. The Morgan fingerprint density at radius 1 is 1.19 bits per heavy atom. The topological polar surface area (TPSA) is 70.4 Å². The molecule has 2 aromatic heterocycles. The summed E-state index contributed by atoms with van der Waals surface area (Å²) in [6.45, 7) is 9.24. The second-order valence-corrected chi connectivity index (χ2v) is 9.04. The summed E-state index contributed by atoms with van der Waals surface area (Å²) in [5.41, 5.74) is 4.98. The van der Waals surface area contributed by atoms with Crippen molar-refractivity contribution >= 4 is 23.3 Å². The molecule has 2 N–H and O–H groups in total. The first-order valence-corrected chi connectivity index (χ1v) is 11.2. The van der Waals surface area contributed by atoms with Crippen LogP contribution < -0.4 is 5.32 Å². The second-order valence-electron chi connectivity index (χ2n) is 8.66. The molecule has 0 saturated carbocycles. The van der Waals surface area contributed by atoms with Crippen LogP contribution in [0.1, 0.15) is 58.9 Å². The van der Waals surface area contributed by atoms with E-state index in [2.05, 4.69) is 35.1 Å². The van der Waals surface area contributed by atoms with Crippen molar-refractivity contribution in [2.45, 2.75) is 39.8 Å². The van der Waals surface area contributed by atoms with Gasteiger partial charge in [-0.15, -0.1) is 0 Å². The van der Waals surface area contributed by atoms with Gasteiger partial charge in [0.25, 0.3) is 0 Å². The van der Waals surface area contributed by atoms with E-state index in [9.17, 15) is 9.90 Å². The summed E-state index contributed by atoms with van der Waals surface area (Å²) < 4.78 is 2.03. The molecule has 1 fully saturated rings. The van der Waals surface area contributed by atoms with Crippen LogP contribution in [0.4, 0.5) is 0 Å². The summed E-state index contributed by atoms with van der Waals surface area (Å²) in [6, 6.07) is 15.0. The lowest BCUT2D eigenvalue weighted by atomic mass is 9.96. The molecule has 7 heteroatoms. The van der Waals surface area contributed by atoms with Gasteiger partial charge in [0.2, 0.25) is 0 Å². The number of benzene rings is 1. The number of carboxylic acid groups (broad SMARTS) is 1. The molecular formula is C25H28N4O2S. The highest BCUT2D eigenvalue weighted by molar-refractivity contribution is 7.80. The number of nitrogens with zero attached hydrogens (tertiary/aromatic N) is 3. The largest absolute Gasteiger partial charge is 0.478 e. The van der Waals surface area contributed by atoms with E-state index < -0.39 is 5.97 Å². The Balaban J connectivity index is 1.87. The molecule has 1 saturated heterocycles. The minimum atomic E-state index is -0.939. The van der Waals surface area contributed by atoms with E-state index in [-0.39, 0.29) is 17.6 Å². The Morgan fingerprint density at radius 3 is 2.56 bits per heavy atom. The van der Waals surface area contributed by atoms with Gasteiger partial charge in [-0.1, -0.05) is 32.0 Å². The lowest BCUT2D eigenvalue weighted by molar-refractivity contribution is 0.0697. The van der Waals surface area contributed by atoms with Crippen LogP contribution in [0, 0.1) is 19.8 Å². The van der Waals surface area contributed by atoms with Crippen molar-refractivity contribution in [1.29, 1.82) is 0 Å². The number of rotatable bonds is 6. The molecule has 2 atom stereocenters. The van der Waals surface area contributed by atoms with Gasteiger partial charge in [-0.05, 0) is 67.9 Å². The van der Waals surface area contributed by atoms with E-state index in [0.29, 0.717) is 11.6 Å². The quantitative estimate of drug-likeness (QED) is 0.527. The number of nitrogens with one attached hydrogen (secondary N) is 1. The van der Waals surface area contributed by atoms with Gasteiger partial charge in [-0.3, -0.25) is 4.98 Å². The number of carbonyl (C=O) groups is 1. The van der Waals surface area contributed by atoms with Crippen LogP contribution in [0.2, 0.25) is 0 Å². The summed E-state index contributed by atoms with van der Waals surface area (Å²) in [7, 11) is 0. The average molecular weight is 449 g/mol. The molecule has 3 aromatic rings. The fraction of sp³-hybridized carbons (Fsp3) is 0.320. The molecule has 0 bridgehead atoms. The van der Waals surface area contributed by atoms with Gasteiger partial charge in [-0.25, -0.2) is 4.79 Å². The maximum Gasteiger partial charge on any atom is 0.337 e. The number of hydrogen-bond acceptors (Lipinski definition) is 3. The van der Waals surface area contributed by atoms with Crippen molar-refractivity contribution in [3.63, 3.8) is 0 Å². The Kier molecular flexibility index (Phi) is 6.02. The van der Waals surface area contributed by atoms with Crippen LogP contribution in [0.3, 0.4) is 0 Å². The predicted octanol–water partition coefficient (Wildman–Crippen LogP) is 4.82.